The van der Waals surface area contributed by atoms with Gasteiger partial charge >= 0.3 is 0 Å². The lowest BCUT2D eigenvalue weighted by molar-refractivity contribution is -0.119. The smallest absolute Gasteiger partial charge is 0.217 e. The fourth-order valence-electron chi connectivity index (χ4n) is 2.85. The number of aromatic nitrogens is 2. The van der Waals surface area contributed by atoms with Gasteiger partial charge in [-0.15, -0.1) is 0 Å². The molecular weight excluding hydrogens is 357 g/mol. The highest BCUT2D eigenvalue weighted by atomic mass is 32.2. The summed E-state index contributed by atoms with van der Waals surface area (Å²) in [5, 5.41) is 2.76. The number of halogens is 1. The second-order valence-corrected chi connectivity index (χ2v) is 8.15. The number of amides is 1. The molecule has 1 aromatic heterocycles. The van der Waals surface area contributed by atoms with Crippen molar-refractivity contribution >= 4 is 26.8 Å². The lowest BCUT2D eigenvalue weighted by Crippen LogP contribution is -2.26. The molecule has 0 saturated heterocycles. The molecule has 2 aromatic carbocycles. The molecule has 0 bridgehead atoms. The van der Waals surface area contributed by atoms with Crippen molar-refractivity contribution in [1.29, 1.82) is 0 Å². The molecule has 26 heavy (non-hydrogen) atoms. The summed E-state index contributed by atoms with van der Waals surface area (Å²) in [4.78, 5) is 16.1. The molecule has 0 spiro atoms. The van der Waals surface area contributed by atoms with E-state index >= 15 is 0 Å². The lowest BCUT2D eigenvalue weighted by atomic mass is 10.2. The summed E-state index contributed by atoms with van der Waals surface area (Å²) in [6.07, 6.45) is 1.12. The van der Waals surface area contributed by atoms with Crippen molar-refractivity contribution < 1.29 is 17.6 Å². The largest absolute Gasteiger partial charge is 0.347 e. The summed E-state index contributed by atoms with van der Waals surface area (Å²) in [5.41, 5.74) is 1.56. The summed E-state index contributed by atoms with van der Waals surface area (Å²) >= 11 is 0. The van der Waals surface area contributed by atoms with Crippen molar-refractivity contribution in [2.24, 2.45) is 0 Å². The first-order chi connectivity index (χ1) is 12.2. The van der Waals surface area contributed by atoms with E-state index in [1.807, 2.05) is 0 Å². The molecule has 0 unspecified atom stereocenters. The number of hydrogen-bond donors (Lipinski definition) is 1. The zero-order valence-corrected chi connectivity index (χ0v) is 15.3. The average Bonchev–Trinajstić information content (AvgIpc) is 2.92. The summed E-state index contributed by atoms with van der Waals surface area (Å²) in [6.45, 7) is 3.16. The number of benzene rings is 2. The van der Waals surface area contributed by atoms with Crippen LogP contribution >= 0.6 is 0 Å². The van der Waals surface area contributed by atoms with Crippen molar-refractivity contribution in [2.45, 2.75) is 24.8 Å². The van der Waals surface area contributed by atoms with E-state index in [1.54, 1.807) is 29.7 Å². The molecule has 0 aliphatic carbocycles. The molecule has 0 saturated carbocycles. The zero-order chi connectivity index (χ0) is 19.1. The van der Waals surface area contributed by atoms with E-state index in [-0.39, 0.29) is 10.8 Å². The summed E-state index contributed by atoms with van der Waals surface area (Å²) < 4.78 is 39.3. The Morgan fingerprint density at radius 1 is 1.23 bits per heavy atom. The minimum Gasteiger partial charge on any atom is -0.347 e. The van der Waals surface area contributed by atoms with E-state index in [0.29, 0.717) is 22.5 Å². The van der Waals surface area contributed by atoms with Crippen LogP contribution in [0.4, 0.5) is 4.39 Å². The standard InChI is InChI=1S/C18H18FN3O3S/c1-11(20-12(2)23)18-21-16-8-7-13(19)9-17(16)22(18)14-5-4-6-15(10-14)26(3,24)25/h4-11H,1-3H3,(H,20,23)/t11-/m0/s1. The van der Waals surface area contributed by atoms with E-state index < -0.39 is 21.7 Å². The maximum absolute atomic E-state index is 13.8. The maximum Gasteiger partial charge on any atom is 0.217 e. The summed E-state index contributed by atoms with van der Waals surface area (Å²) in [5.74, 6) is -0.185. The topological polar surface area (TPSA) is 81.1 Å². The molecule has 8 heteroatoms. The fraction of sp³-hybridized carbons (Fsp3) is 0.222. The first-order valence-corrected chi connectivity index (χ1v) is 9.81. The van der Waals surface area contributed by atoms with Gasteiger partial charge in [0.15, 0.2) is 9.84 Å². The highest BCUT2D eigenvalue weighted by molar-refractivity contribution is 7.90. The number of fused-ring (bicyclic) bond motifs is 1. The molecule has 0 aliphatic rings. The van der Waals surface area contributed by atoms with Gasteiger partial charge in [0.05, 0.1) is 22.0 Å². The summed E-state index contributed by atoms with van der Waals surface area (Å²) in [6, 6.07) is 10.1. The summed E-state index contributed by atoms with van der Waals surface area (Å²) in [7, 11) is -3.41. The van der Waals surface area contributed by atoms with Crippen LogP contribution in [0.1, 0.15) is 25.7 Å². The Bertz CT molecular complexity index is 1110. The van der Waals surface area contributed by atoms with Crippen molar-refractivity contribution in [3.63, 3.8) is 0 Å². The minimum absolute atomic E-state index is 0.145. The van der Waals surface area contributed by atoms with Crippen LogP contribution in [0.5, 0.6) is 0 Å². The molecule has 1 atom stereocenters. The highest BCUT2D eigenvalue weighted by Gasteiger charge is 2.20. The van der Waals surface area contributed by atoms with Gasteiger partial charge in [0.1, 0.15) is 11.6 Å². The van der Waals surface area contributed by atoms with Crippen LogP contribution in [0, 0.1) is 5.82 Å². The maximum atomic E-state index is 13.8. The van der Waals surface area contributed by atoms with E-state index in [0.717, 1.165) is 6.26 Å². The van der Waals surface area contributed by atoms with Crippen molar-refractivity contribution in [3.05, 3.63) is 54.1 Å². The number of imidazole rings is 1. The predicted molar refractivity (Wildman–Crippen MR) is 96.4 cm³/mol. The number of sulfone groups is 1. The second kappa shape index (κ2) is 6.53. The van der Waals surface area contributed by atoms with Crippen LogP contribution in [0.15, 0.2) is 47.4 Å². The average molecular weight is 375 g/mol. The Kier molecular flexibility index (Phi) is 4.53. The Hall–Kier alpha value is -2.74. The van der Waals surface area contributed by atoms with Gasteiger partial charge in [0.2, 0.25) is 5.91 Å². The van der Waals surface area contributed by atoms with Crippen molar-refractivity contribution in [3.8, 4) is 5.69 Å². The quantitative estimate of drug-likeness (QED) is 0.760. The Balaban J connectivity index is 2.29. The minimum atomic E-state index is -3.41. The Labute approximate surface area is 150 Å². The molecular formula is C18H18FN3O3S. The molecule has 0 fully saturated rings. The Morgan fingerprint density at radius 3 is 2.62 bits per heavy atom. The van der Waals surface area contributed by atoms with Gasteiger partial charge in [-0.2, -0.15) is 0 Å². The van der Waals surface area contributed by atoms with Crippen LogP contribution in [0.2, 0.25) is 0 Å². The number of nitrogens with zero attached hydrogens (tertiary/aromatic N) is 2. The van der Waals surface area contributed by atoms with Gasteiger partial charge < -0.3 is 5.32 Å². The monoisotopic (exact) mass is 375 g/mol. The third-order valence-corrected chi connectivity index (χ3v) is 5.06. The lowest BCUT2D eigenvalue weighted by Gasteiger charge is -2.16. The number of hydrogen-bond acceptors (Lipinski definition) is 4. The van der Waals surface area contributed by atoms with E-state index in [9.17, 15) is 17.6 Å². The first-order valence-electron chi connectivity index (χ1n) is 7.92. The number of rotatable bonds is 4. The zero-order valence-electron chi connectivity index (χ0n) is 14.5. The van der Waals surface area contributed by atoms with Gasteiger partial charge in [-0.1, -0.05) is 6.07 Å². The van der Waals surface area contributed by atoms with Crippen LogP contribution in [-0.2, 0) is 14.6 Å². The third-order valence-electron chi connectivity index (χ3n) is 3.95. The van der Waals surface area contributed by atoms with E-state index in [4.69, 9.17) is 0 Å². The van der Waals surface area contributed by atoms with Gasteiger partial charge in [0, 0.05) is 24.9 Å². The first kappa shape index (κ1) is 18.1. The molecule has 0 radical (unpaired) electrons. The molecule has 3 rings (SSSR count). The highest BCUT2D eigenvalue weighted by Crippen LogP contribution is 2.27. The van der Waals surface area contributed by atoms with Crippen LogP contribution in [0.25, 0.3) is 16.7 Å². The normalized spacial score (nSPS) is 12.9. The van der Waals surface area contributed by atoms with Crippen LogP contribution < -0.4 is 5.32 Å². The number of nitrogens with one attached hydrogen (secondary N) is 1. The van der Waals surface area contributed by atoms with Gasteiger partial charge in [-0.25, -0.2) is 17.8 Å². The van der Waals surface area contributed by atoms with Gasteiger partial charge in [0.25, 0.3) is 0 Å². The van der Waals surface area contributed by atoms with Gasteiger partial charge in [-0.05, 0) is 37.3 Å². The SMILES string of the molecule is CC(=O)N[C@@H](C)c1nc2ccc(F)cc2n1-c1cccc(S(C)(=O)=O)c1. The molecule has 1 N–H and O–H groups in total. The van der Waals surface area contributed by atoms with Crippen molar-refractivity contribution in [1.82, 2.24) is 14.9 Å². The fourth-order valence-corrected chi connectivity index (χ4v) is 3.51. The molecule has 1 heterocycles. The molecule has 3 aromatic rings. The predicted octanol–water partition coefficient (Wildman–Crippen LogP) is 2.77. The third kappa shape index (κ3) is 3.45. The Morgan fingerprint density at radius 2 is 1.96 bits per heavy atom. The molecule has 0 aliphatic heterocycles. The molecule has 136 valence electrons. The molecule has 1 amide bonds. The second-order valence-electron chi connectivity index (χ2n) is 6.13. The number of carbonyl (C=O) groups is 1. The van der Waals surface area contributed by atoms with Gasteiger partial charge in [-0.3, -0.25) is 9.36 Å². The van der Waals surface area contributed by atoms with E-state index in [2.05, 4.69) is 10.3 Å². The van der Waals surface area contributed by atoms with Crippen LogP contribution in [0.3, 0.4) is 0 Å². The molecule has 6 nitrogen and oxygen atoms in total. The van der Waals surface area contributed by atoms with Crippen molar-refractivity contribution in [2.75, 3.05) is 6.26 Å². The van der Waals surface area contributed by atoms with E-state index in [1.165, 1.54) is 31.2 Å². The van der Waals surface area contributed by atoms with Crippen LogP contribution in [-0.4, -0.2) is 30.1 Å². The number of carbonyl (C=O) groups excluding carboxylic acids is 1.